The average Bonchev–Trinajstić information content (AvgIpc) is 3.35. The maximum absolute atomic E-state index is 12.6. The Morgan fingerprint density at radius 3 is 2.68 bits per heavy atom. The number of nitrogens with zero attached hydrogens (tertiary/aromatic N) is 5. The maximum atomic E-state index is 12.6. The van der Waals surface area contributed by atoms with E-state index in [2.05, 4.69) is 15.5 Å². The zero-order valence-electron chi connectivity index (χ0n) is 14.9. The summed E-state index contributed by atoms with van der Waals surface area (Å²) in [5.74, 6) is -0.991. The molecule has 0 saturated carbocycles. The van der Waals surface area contributed by atoms with Crippen molar-refractivity contribution in [3.63, 3.8) is 0 Å². The SMILES string of the molecule is N#CC(=Cc1cccn1-c1ccc([N+](=O)[O-])cc1Cl)C(=O)Nc1nnc(C(F)(F)F)s1. The average molecular weight is 469 g/mol. The summed E-state index contributed by atoms with van der Waals surface area (Å²) in [5, 5.41) is 26.8. The quantitative estimate of drug-likeness (QED) is 0.255. The van der Waals surface area contributed by atoms with Crippen LogP contribution in [0.5, 0.6) is 0 Å². The van der Waals surface area contributed by atoms with Crippen LogP contribution >= 0.6 is 22.9 Å². The standard InChI is InChI=1S/C17H8ClF3N6O3S/c18-12-7-11(27(29)30)3-4-13(12)26-5-1-2-10(26)6-9(8-22)14(28)23-16-25-24-15(31-16)17(19,20)21/h1-7H,(H,23,25,28). The molecule has 158 valence electrons. The molecule has 0 atom stereocenters. The number of carbonyl (C=O) groups is 1. The van der Waals surface area contributed by atoms with Crippen molar-refractivity contribution < 1.29 is 22.9 Å². The van der Waals surface area contributed by atoms with Crippen molar-refractivity contribution in [1.29, 1.82) is 5.26 Å². The van der Waals surface area contributed by atoms with E-state index in [1.165, 1.54) is 28.8 Å². The van der Waals surface area contributed by atoms with E-state index in [1.54, 1.807) is 18.3 Å². The summed E-state index contributed by atoms with van der Waals surface area (Å²) in [5.41, 5.74) is 0.0166. The summed E-state index contributed by atoms with van der Waals surface area (Å²) in [6, 6.07) is 8.56. The Bertz CT molecular complexity index is 1240. The van der Waals surface area contributed by atoms with Crippen molar-refractivity contribution in [2.45, 2.75) is 6.18 Å². The van der Waals surface area contributed by atoms with E-state index in [-0.39, 0.29) is 22.0 Å². The molecule has 1 aromatic carbocycles. The molecule has 3 rings (SSSR count). The summed E-state index contributed by atoms with van der Waals surface area (Å²) >= 11 is 6.24. The number of nitrogens with one attached hydrogen (secondary N) is 1. The Hall–Kier alpha value is -3.76. The molecule has 0 spiro atoms. The molecule has 31 heavy (non-hydrogen) atoms. The van der Waals surface area contributed by atoms with Crippen molar-refractivity contribution in [2.24, 2.45) is 0 Å². The third-order valence-corrected chi connectivity index (χ3v) is 4.91. The van der Waals surface area contributed by atoms with E-state index in [0.29, 0.717) is 11.4 Å². The molecule has 0 fully saturated rings. The molecule has 0 aliphatic heterocycles. The van der Waals surface area contributed by atoms with Crippen LogP contribution < -0.4 is 5.32 Å². The van der Waals surface area contributed by atoms with Gasteiger partial charge in [-0.05, 0) is 24.3 Å². The Morgan fingerprint density at radius 1 is 1.35 bits per heavy atom. The van der Waals surface area contributed by atoms with E-state index in [9.17, 15) is 33.3 Å². The summed E-state index contributed by atoms with van der Waals surface area (Å²) in [4.78, 5) is 22.6. The number of carbonyl (C=O) groups excluding carboxylic acids is 1. The van der Waals surface area contributed by atoms with E-state index >= 15 is 0 Å². The highest BCUT2D eigenvalue weighted by molar-refractivity contribution is 7.15. The van der Waals surface area contributed by atoms with Crippen LogP contribution in [0.4, 0.5) is 24.0 Å². The number of alkyl halides is 3. The Morgan fingerprint density at radius 2 is 2.10 bits per heavy atom. The minimum atomic E-state index is -4.71. The molecular weight excluding hydrogens is 461 g/mol. The van der Waals surface area contributed by atoms with Crippen molar-refractivity contribution in [3.05, 3.63) is 67.9 Å². The van der Waals surface area contributed by atoms with Gasteiger partial charge >= 0.3 is 6.18 Å². The van der Waals surface area contributed by atoms with Crippen molar-refractivity contribution >= 4 is 45.7 Å². The van der Waals surface area contributed by atoms with Gasteiger partial charge in [0.1, 0.15) is 11.6 Å². The zero-order chi connectivity index (χ0) is 22.8. The number of halogens is 4. The summed E-state index contributed by atoms with van der Waals surface area (Å²) in [7, 11) is 0. The fourth-order valence-corrected chi connectivity index (χ4v) is 3.26. The van der Waals surface area contributed by atoms with Gasteiger partial charge in [-0.25, -0.2) is 0 Å². The molecular formula is C17H8ClF3N6O3S. The lowest BCUT2D eigenvalue weighted by Gasteiger charge is -2.09. The molecule has 0 saturated heterocycles. The number of nitro benzene ring substituents is 1. The second-order valence-electron chi connectivity index (χ2n) is 5.73. The summed E-state index contributed by atoms with van der Waals surface area (Å²) in [6.07, 6.45) is -1.98. The Kier molecular flexibility index (Phi) is 6.04. The van der Waals surface area contributed by atoms with Crippen molar-refractivity contribution in [2.75, 3.05) is 5.32 Å². The Labute approximate surface area is 180 Å². The van der Waals surface area contributed by atoms with Gasteiger partial charge in [-0.1, -0.05) is 22.9 Å². The van der Waals surface area contributed by atoms with Crippen LogP contribution in [0.25, 0.3) is 11.8 Å². The van der Waals surface area contributed by atoms with E-state index in [0.717, 1.165) is 6.07 Å². The van der Waals surface area contributed by atoms with Crippen molar-refractivity contribution in [1.82, 2.24) is 14.8 Å². The predicted molar refractivity (Wildman–Crippen MR) is 105 cm³/mol. The number of hydrogen-bond donors (Lipinski definition) is 1. The maximum Gasteiger partial charge on any atom is 0.445 e. The van der Waals surface area contributed by atoms with E-state index in [1.807, 2.05) is 0 Å². The third kappa shape index (κ3) is 4.87. The molecule has 2 aromatic heterocycles. The molecule has 9 nitrogen and oxygen atoms in total. The van der Waals surface area contributed by atoms with Gasteiger partial charge in [-0.15, -0.1) is 10.2 Å². The first-order valence-electron chi connectivity index (χ1n) is 8.05. The molecule has 3 aromatic rings. The van der Waals surface area contributed by atoms with Gasteiger partial charge in [-0.3, -0.25) is 20.2 Å². The smallest absolute Gasteiger partial charge is 0.316 e. The van der Waals surface area contributed by atoms with Gasteiger partial charge in [0.05, 0.1) is 15.6 Å². The third-order valence-electron chi connectivity index (χ3n) is 3.73. The molecule has 0 unspecified atom stereocenters. The first-order chi connectivity index (χ1) is 14.6. The molecule has 14 heteroatoms. The van der Waals surface area contributed by atoms with E-state index < -0.39 is 32.7 Å². The van der Waals surface area contributed by atoms with Crippen LogP contribution in [0.15, 0.2) is 42.1 Å². The molecule has 1 amide bonds. The minimum absolute atomic E-state index is 0.0524. The number of nitriles is 1. The largest absolute Gasteiger partial charge is 0.445 e. The van der Waals surface area contributed by atoms with Crippen LogP contribution in [0.3, 0.4) is 0 Å². The molecule has 0 aliphatic rings. The van der Waals surface area contributed by atoms with Crippen LogP contribution in [0.2, 0.25) is 5.02 Å². The van der Waals surface area contributed by atoms with Gasteiger partial charge in [0, 0.05) is 24.0 Å². The van der Waals surface area contributed by atoms with Gasteiger partial charge < -0.3 is 4.57 Å². The number of hydrogen-bond acceptors (Lipinski definition) is 7. The number of non-ortho nitro benzene ring substituents is 1. The summed E-state index contributed by atoms with van der Waals surface area (Å²) in [6.45, 7) is 0. The van der Waals surface area contributed by atoms with Crippen molar-refractivity contribution in [3.8, 4) is 11.8 Å². The first-order valence-corrected chi connectivity index (χ1v) is 9.25. The predicted octanol–water partition coefficient (Wildman–Crippen LogP) is 4.45. The number of nitro groups is 1. The van der Waals surface area contributed by atoms with Gasteiger partial charge in [0.25, 0.3) is 11.6 Å². The monoisotopic (exact) mass is 468 g/mol. The molecule has 0 aliphatic carbocycles. The van der Waals surface area contributed by atoms with Crippen LogP contribution in [0, 0.1) is 21.4 Å². The second kappa shape index (κ2) is 8.54. The molecule has 0 bridgehead atoms. The minimum Gasteiger partial charge on any atom is -0.316 e. The van der Waals surface area contributed by atoms with Crippen LogP contribution in [-0.4, -0.2) is 25.6 Å². The molecule has 2 heterocycles. The lowest BCUT2D eigenvalue weighted by atomic mass is 10.2. The molecule has 1 N–H and O–H groups in total. The fraction of sp³-hybridized carbons (Fsp3) is 0.0588. The van der Waals surface area contributed by atoms with Gasteiger partial charge in [0.2, 0.25) is 10.1 Å². The normalized spacial score (nSPS) is 11.8. The highest BCUT2D eigenvalue weighted by Gasteiger charge is 2.35. The number of anilines is 1. The highest BCUT2D eigenvalue weighted by Crippen LogP contribution is 2.33. The second-order valence-corrected chi connectivity index (χ2v) is 7.11. The Balaban J connectivity index is 1.88. The van der Waals surface area contributed by atoms with Crippen LogP contribution in [0.1, 0.15) is 10.7 Å². The highest BCUT2D eigenvalue weighted by atomic mass is 35.5. The zero-order valence-corrected chi connectivity index (χ0v) is 16.5. The molecule has 0 radical (unpaired) electrons. The first kappa shape index (κ1) is 21.9. The lowest BCUT2D eigenvalue weighted by molar-refractivity contribution is -0.384. The summed E-state index contributed by atoms with van der Waals surface area (Å²) < 4.78 is 39.3. The number of amides is 1. The van der Waals surface area contributed by atoms with Gasteiger partial charge in [-0.2, -0.15) is 18.4 Å². The number of rotatable bonds is 5. The van der Waals surface area contributed by atoms with Crippen LogP contribution in [-0.2, 0) is 11.0 Å². The number of aromatic nitrogens is 3. The van der Waals surface area contributed by atoms with Gasteiger partial charge in [0.15, 0.2) is 0 Å². The number of benzene rings is 1. The fourth-order valence-electron chi connectivity index (χ4n) is 2.39. The lowest BCUT2D eigenvalue weighted by Crippen LogP contribution is -2.13. The topological polar surface area (TPSA) is 127 Å². The van der Waals surface area contributed by atoms with E-state index in [4.69, 9.17) is 11.6 Å².